The Balaban J connectivity index is 2.40. The predicted octanol–water partition coefficient (Wildman–Crippen LogP) is 2.94. The molecule has 0 aliphatic rings. The molecule has 0 aliphatic carbocycles. The molecule has 2 N–H and O–H groups in total. The van der Waals surface area contributed by atoms with E-state index in [2.05, 4.69) is 13.8 Å². The van der Waals surface area contributed by atoms with E-state index in [1.165, 1.54) is 12.1 Å². The summed E-state index contributed by atoms with van der Waals surface area (Å²) in [5, 5.41) is 0. The molecule has 0 fully saturated rings. The number of ether oxygens (including phenoxy) is 2. The summed E-state index contributed by atoms with van der Waals surface area (Å²) in [5.74, 6) is -0.739. The first-order valence-corrected chi connectivity index (χ1v) is 6.72. The second-order valence-corrected chi connectivity index (χ2v) is 5.13. The van der Waals surface area contributed by atoms with E-state index in [0.29, 0.717) is 30.4 Å². The molecule has 0 spiro atoms. The first kappa shape index (κ1) is 16.4. The summed E-state index contributed by atoms with van der Waals surface area (Å²) >= 11 is 0. The smallest absolute Gasteiger partial charge is 0.341 e. The summed E-state index contributed by atoms with van der Waals surface area (Å²) in [6, 6.07) is 2.76. The molecular formula is C15H22FNO3. The summed E-state index contributed by atoms with van der Waals surface area (Å²) in [4.78, 5) is 11.7. The normalized spacial score (nSPS) is 10.8. The molecule has 0 saturated heterocycles. The average Bonchev–Trinajstić information content (AvgIpc) is 2.37. The van der Waals surface area contributed by atoms with Crippen LogP contribution in [0.15, 0.2) is 12.1 Å². The molecule has 0 atom stereocenters. The van der Waals surface area contributed by atoms with Crippen molar-refractivity contribution in [3.05, 3.63) is 29.1 Å². The molecule has 112 valence electrons. The number of carbonyl (C=O) groups is 1. The highest BCUT2D eigenvalue weighted by Gasteiger charge is 2.15. The van der Waals surface area contributed by atoms with Gasteiger partial charge < -0.3 is 15.2 Å². The van der Waals surface area contributed by atoms with Gasteiger partial charge in [-0.2, -0.15) is 0 Å². The average molecular weight is 283 g/mol. The fourth-order valence-electron chi connectivity index (χ4n) is 1.64. The first-order chi connectivity index (χ1) is 9.41. The van der Waals surface area contributed by atoms with Gasteiger partial charge in [0.1, 0.15) is 12.4 Å². The van der Waals surface area contributed by atoms with Crippen LogP contribution in [-0.4, -0.2) is 25.8 Å². The fourth-order valence-corrected chi connectivity index (χ4v) is 1.64. The van der Waals surface area contributed by atoms with Gasteiger partial charge in [0.15, 0.2) is 0 Å². The van der Waals surface area contributed by atoms with Crippen molar-refractivity contribution in [3.8, 4) is 0 Å². The molecule has 4 nitrogen and oxygen atoms in total. The largest absolute Gasteiger partial charge is 0.460 e. The standard InChI is InChI=1S/C15H22FNO3/c1-10(2)4-5-19-6-7-20-15(18)13-9-12(17)8-11(3)14(13)16/h8-10H,4-7,17H2,1-3H3. The third kappa shape index (κ3) is 5.17. The van der Waals surface area contributed by atoms with Crippen LogP contribution in [0.2, 0.25) is 0 Å². The first-order valence-electron chi connectivity index (χ1n) is 6.72. The lowest BCUT2D eigenvalue weighted by Gasteiger charge is -2.09. The number of aryl methyl sites for hydroxylation is 1. The van der Waals surface area contributed by atoms with E-state index in [1.54, 1.807) is 6.92 Å². The molecule has 1 aromatic rings. The van der Waals surface area contributed by atoms with E-state index in [-0.39, 0.29) is 12.2 Å². The molecule has 1 aromatic carbocycles. The van der Waals surface area contributed by atoms with Crippen LogP contribution in [0.3, 0.4) is 0 Å². The fraction of sp³-hybridized carbons (Fsp3) is 0.533. The molecule has 0 aliphatic heterocycles. The Hall–Kier alpha value is -1.62. The van der Waals surface area contributed by atoms with Gasteiger partial charge in [-0.25, -0.2) is 9.18 Å². The zero-order valence-corrected chi connectivity index (χ0v) is 12.2. The van der Waals surface area contributed by atoms with Crippen molar-refractivity contribution in [3.63, 3.8) is 0 Å². The second-order valence-electron chi connectivity index (χ2n) is 5.13. The van der Waals surface area contributed by atoms with Crippen LogP contribution in [0, 0.1) is 18.7 Å². The summed E-state index contributed by atoms with van der Waals surface area (Å²) in [5.41, 5.74) is 6.12. The van der Waals surface area contributed by atoms with Gasteiger partial charge in [-0.05, 0) is 37.0 Å². The van der Waals surface area contributed by atoms with Gasteiger partial charge in [0, 0.05) is 12.3 Å². The van der Waals surface area contributed by atoms with Gasteiger partial charge in [0.05, 0.1) is 12.2 Å². The number of halogens is 1. The van der Waals surface area contributed by atoms with Gasteiger partial charge >= 0.3 is 5.97 Å². The van der Waals surface area contributed by atoms with Crippen molar-refractivity contribution >= 4 is 11.7 Å². The van der Waals surface area contributed by atoms with Crippen molar-refractivity contribution in [2.24, 2.45) is 5.92 Å². The van der Waals surface area contributed by atoms with E-state index >= 15 is 0 Å². The molecule has 20 heavy (non-hydrogen) atoms. The number of hydrogen-bond donors (Lipinski definition) is 1. The molecule has 0 bridgehead atoms. The third-order valence-corrected chi connectivity index (χ3v) is 2.80. The van der Waals surface area contributed by atoms with E-state index < -0.39 is 11.8 Å². The number of benzene rings is 1. The van der Waals surface area contributed by atoms with Crippen LogP contribution in [0.5, 0.6) is 0 Å². The zero-order chi connectivity index (χ0) is 15.1. The lowest BCUT2D eigenvalue weighted by Crippen LogP contribution is -2.14. The third-order valence-electron chi connectivity index (χ3n) is 2.80. The number of anilines is 1. The molecule has 1 rings (SSSR count). The van der Waals surface area contributed by atoms with Gasteiger partial charge in [0.25, 0.3) is 0 Å². The minimum absolute atomic E-state index is 0.101. The Labute approximate surface area is 119 Å². The van der Waals surface area contributed by atoms with Gasteiger partial charge in [-0.15, -0.1) is 0 Å². The topological polar surface area (TPSA) is 61.6 Å². The minimum Gasteiger partial charge on any atom is -0.460 e. The van der Waals surface area contributed by atoms with Crippen LogP contribution in [-0.2, 0) is 9.47 Å². The summed E-state index contributed by atoms with van der Waals surface area (Å²) in [6.07, 6.45) is 0.955. The molecule has 0 radical (unpaired) electrons. The maximum Gasteiger partial charge on any atom is 0.341 e. The van der Waals surface area contributed by atoms with Crippen LogP contribution < -0.4 is 5.73 Å². The van der Waals surface area contributed by atoms with Crippen molar-refractivity contribution in [1.29, 1.82) is 0 Å². The number of nitrogens with two attached hydrogens (primary N) is 1. The van der Waals surface area contributed by atoms with E-state index in [9.17, 15) is 9.18 Å². The Morgan fingerprint density at radius 1 is 1.30 bits per heavy atom. The molecule has 0 aromatic heterocycles. The van der Waals surface area contributed by atoms with Gasteiger partial charge in [-0.1, -0.05) is 13.8 Å². The summed E-state index contributed by atoms with van der Waals surface area (Å²) < 4.78 is 24.0. The SMILES string of the molecule is Cc1cc(N)cc(C(=O)OCCOCCC(C)C)c1F. The highest BCUT2D eigenvalue weighted by Crippen LogP contribution is 2.17. The Bertz CT molecular complexity index is 461. The number of hydrogen-bond acceptors (Lipinski definition) is 4. The Morgan fingerprint density at radius 3 is 2.65 bits per heavy atom. The molecule has 5 heteroatoms. The van der Waals surface area contributed by atoms with Crippen LogP contribution >= 0.6 is 0 Å². The quantitative estimate of drug-likeness (QED) is 0.475. The predicted molar refractivity (Wildman–Crippen MR) is 76.1 cm³/mol. The summed E-state index contributed by atoms with van der Waals surface area (Å²) in [7, 11) is 0. The van der Waals surface area contributed by atoms with Crippen LogP contribution in [0.4, 0.5) is 10.1 Å². The second kappa shape index (κ2) is 7.85. The van der Waals surface area contributed by atoms with Crippen LogP contribution in [0.25, 0.3) is 0 Å². The summed E-state index contributed by atoms with van der Waals surface area (Å²) in [6.45, 7) is 6.80. The van der Waals surface area contributed by atoms with Crippen LogP contribution in [0.1, 0.15) is 36.2 Å². The minimum atomic E-state index is -0.717. The van der Waals surface area contributed by atoms with E-state index in [4.69, 9.17) is 15.2 Å². The number of esters is 1. The van der Waals surface area contributed by atoms with Gasteiger partial charge in [0.2, 0.25) is 0 Å². The molecule has 0 amide bonds. The highest BCUT2D eigenvalue weighted by atomic mass is 19.1. The monoisotopic (exact) mass is 283 g/mol. The lowest BCUT2D eigenvalue weighted by atomic mass is 10.1. The maximum atomic E-state index is 13.8. The number of nitrogen functional groups attached to an aromatic ring is 1. The van der Waals surface area contributed by atoms with Crippen molar-refractivity contribution in [2.75, 3.05) is 25.6 Å². The number of rotatable bonds is 7. The van der Waals surface area contributed by atoms with Gasteiger partial charge in [-0.3, -0.25) is 0 Å². The molecular weight excluding hydrogens is 261 g/mol. The van der Waals surface area contributed by atoms with Crippen molar-refractivity contribution in [2.45, 2.75) is 27.2 Å². The molecule has 0 heterocycles. The molecule has 0 unspecified atom stereocenters. The molecule has 0 saturated carbocycles. The number of carbonyl (C=O) groups excluding carboxylic acids is 1. The van der Waals surface area contributed by atoms with Crippen molar-refractivity contribution < 1.29 is 18.7 Å². The Morgan fingerprint density at radius 2 is 2.00 bits per heavy atom. The highest BCUT2D eigenvalue weighted by molar-refractivity contribution is 5.91. The maximum absolute atomic E-state index is 13.8. The lowest BCUT2D eigenvalue weighted by molar-refractivity contribution is 0.0299. The van der Waals surface area contributed by atoms with Crippen molar-refractivity contribution in [1.82, 2.24) is 0 Å². The zero-order valence-electron chi connectivity index (χ0n) is 12.2. The van der Waals surface area contributed by atoms with E-state index in [1.807, 2.05) is 0 Å². The van der Waals surface area contributed by atoms with E-state index in [0.717, 1.165) is 6.42 Å². The Kier molecular flexibility index (Phi) is 6.45.